The molecule has 1 saturated carbocycles. The molecule has 0 atom stereocenters. The number of carbonyl (C=O) groups is 1. The van der Waals surface area contributed by atoms with Gasteiger partial charge in [0.25, 0.3) is 0 Å². The summed E-state index contributed by atoms with van der Waals surface area (Å²) in [5.74, 6) is 0.979. The van der Waals surface area contributed by atoms with Crippen LogP contribution in [0.3, 0.4) is 0 Å². The van der Waals surface area contributed by atoms with E-state index in [9.17, 15) is 4.79 Å². The second-order valence-corrected chi connectivity index (χ2v) is 6.75. The van der Waals surface area contributed by atoms with Gasteiger partial charge < -0.3 is 20.5 Å². The van der Waals surface area contributed by atoms with Gasteiger partial charge in [0.1, 0.15) is 0 Å². The Kier molecular flexibility index (Phi) is 6.02. The quantitative estimate of drug-likeness (QED) is 0.798. The zero-order chi connectivity index (χ0) is 15.3. The highest BCUT2D eigenvalue weighted by Crippen LogP contribution is 2.40. The minimum atomic E-state index is -0.314. The van der Waals surface area contributed by atoms with Crippen LogP contribution in [0.1, 0.15) is 45.4 Å². The molecule has 21 heavy (non-hydrogen) atoms. The van der Waals surface area contributed by atoms with Crippen LogP contribution in [0.2, 0.25) is 0 Å². The molecule has 0 spiro atoms. The number of aliphatic hydroxyl groups is 1. The Morgan fingerprint density at radius 1 is 1.29 bits per heavy atom. The summed E-state index contributed by atoms with van der Waals surface area (Å²) in [4.78, 5) is 14.9. The SMILES string of the molecule is CC1CCC(CN)(C(=O)N2CCC(OCCO)CC2)CC1. The number of amides is 1. The lowest BCUT2D eigenvalue weighted by atomic mass is 9.70. The van der Waals surface area contributed by atoms with Gasteiger partial charge in [0.15, 0.2) is 0 Å². The average Bonchev–Trinajstić information content (AvgIpc) is 2.54. The first kappa shape index (κ1) is 16.7. The standard InChI is InChI=1S/C16H30N2O3/c1-13-2-6-16(12-17,7-3-13)15(20)18-8-4-14(5-9-18)21-11-10-19/h13-14,19H,2-12,17H2,1H3. The van der Waals surface area contributed by atoms with E-state index in [1.165, 1.54) is 0 Å². The molecule has 2 rings (SSSR count). The minimum Gasteiger partial charge on any atom is -0.394 e. The largest absolute Gasteiger partial charge is 0.394 e. The second kappa shape index (κ2) is 7.56. The predicted octanol–water partition coefficient (Wildman–Crippen LogP) is 1.14. The number of ether oxygens (including phenoxy) is 1. The first-order chi connectivity index (χ1) is 10.1. The molecule has 122 valence electrons. The summed E-state index contributed by atoms with van der Waals surface area (Å²) in [5, 5.41) is 8.79. The van der Waals surface area contributed by atoms with Crippen LogP contribution in [0.15, 0.2) is 0 Å². The molecule has 0 radical (unpaired) electrons. The molecule has 1 heterocycles. The number of hydrogen-bond donors (Lipinski definition) is 2. The molecule has 1 amide bonds. The summed E-state index contributed by atoms with van der Waals surface area (Å²) in [7, 11) is 0. The number of rotatable bonds is 5. The maximum absolute atomic E-state index is 12.9. The van der Waals surface area contributed by atoms with Gasteiger partial charge in [0, 0.05) is 19.6 Å². The van der Waals surface area contributed by atoms with E-state index in [0.717, 1.165) is 57.5 Å². The second-order valence-electron chi connectivity index (χ2n) is 6.75. The van der Waals surface area contributed by atoms with Crippen molar-refractivity contribution in [3.63, 3.8) is 0 Å². The van der Waals surface area contributed by atoms with Crippen molar-refractivity contribution in [2.45, 2.75) is 51.6 Å². The number of nitrogens with zero attached hydrogens (tertiary/aromatic N) is 1. The fourth-order valence-corrected chi connectivity index (χ4v) is 3.60. The summed E-state index contributed by atoms with van der Waals surface area (Å²) in [6, 6.07) is 0. The summed E-state index contributed by atoms with van der Waals surface area (Å²) >= 11 is 0. The lowest BCUT2D eigenvalue weighted by Gasteiger charge is -2.42. The first-order valence-corrected chi connectivity index (χ1v) is 8.33. The van der Waals surface area contributed by atoms with E-state index in [1.54, 1.807) is 0 Å². The van der Waals surface area contributed by atoms with E-state index in [1.807, 2.05) is 4.90 Å². The number of hydrogen-bond acceptors (Lipinski definition) is 4. The zero-order valence-corrected chi connectivity index (χ0v) is 13.2. The number of carbonyl (C=O) groups excluding carboxylic acids is 1. The van der Waals surface area contributed by atoms with Gasteiger partial charge in [-0.2, -0.15) is 0 Å². The molecule has 0 aromatic heterocycles. The van der Waals surface area contributed by atoms with Gasteiger partial charge in [-0.3, -0.25) is 4.79 Å². The molecule has 2 fully saturated rings. The Hall–Kier alpha value is -0.650. The maximum Gasteiger partial charge on any atom is 0.230 e. The van der Waals surface area contributed by atoms with Crippen molar-refractivity contribution in [1.82, 2.24) is 4.90 Å². The molecule has 3 N–H and O–H groups in total. The Morgan fingerprint density at radius 2 is 1.90 bits per heavy atom. The topological polar surface area (TPSA) is 75.8 Å². The average molecular weight is 298 g/mol. The summed E-state index contributed by atoms with van der Waals surface area (Å²) in [5.41, 5.74) is 5.67. The van der Waals surface area contributed by atoms with Gasteiger partial charge in [-0.1, -0.05) is 6.92 Å². The molecular weight excluding hydrogens is 268 g/mol. The van der Waals surface area contributed by atoms with Crippen LogP contribution in [0.25, 0.3) is 0 Å². The highest BCUT2D eigenvalue weighted by atomic mass is 16.5. The van der Waals surface area contributed by atoms with Gasteiger partial charge in [-0.15, -0.1) is 0 Å². The highest BCUT2D eigenvalue weighted by Gasteiger charge is 2.42. The van der Waals surface area contributed by atoms with E-state index in [0.29, 0.717) is 13.2 Å². The molecule has 1 saturated heterocycles. The minimum absolute atomic E-state index is 0.0631. The molecule has 0 aromatic carbocycles. The third kappa shape index (κ3) is 3.96. The fraction of sp³-hybridized carbons (Fsp3) is 0.938. The van der Waals surface area contributed by atoms with E-state index in [2.05, 4.69) is 6.92 Å². The van der Waals surface area contributed by atoms with Gasteiger partial charge in [-0.05, 0) is 44.4 Å². The zero-order valence-electron chi connectivity index (χ0n) is 13.2. The van der Waals surface area contributed by atoms with Crippen molar-refractivity contribution in [3.05, 3.63) is 0 Å². The van der Waals surface area contributed by atoms with E-state index >= 15 is 0 Å². The van der Waals surface area contributed by atoms with Crippen LogP contribution in [0.4, 0.5) is 0 Å². The maximum atomic E-state index is 12.9. The molecule has 0 aromatic rings. The lowest BCUT2D eigenvalue weighted by molar-refractivity contribution is -0.147. The van der Waals surface area contributed by atoms with Crippen LogP contribution < -0.4 is 5.73 Å². The normalized spacial score (nSPS) is 31.4. The summed E-state index contributed by atoms with van der Waals surface area (Å²) < 4.78 is 5.56. The molecular formula is C16H30N2O3. The van der Waals surface area contributed by atoms with E-state index < -0.39 is 0 Å². The third-order valence-electron chi connectivity index (χ3n) is 5.25. The first-order valence-electron chi connectivity index (χ1n) is 8.33. The Balaban J connectivity index is 1.88. The van der Waals surface area contributed by atoms with Crippen molar-refractivity contribution in [1.29, 1.82) is 0 Å². The van der Waals surface area contributed by atoms with Crippen LogP contribution >= 0.6 is 0 Å². The van der Waals surface area contributed by atoms with Crippen molar-refractivity contribution in [3.8, 4) is 0 Å². The molecule has 2 aliphatic rings. The number of nitrogens with two attached hydrogens (primary N) is 1. The monoisotopic (exact) mass is 298 g/mol. The highest BCUT2D eigenvalue weighted by molar-refractivity contribution is 5.83. The molecule has 5 nitrogen and oxygen atoms in total. The molecule has 0 unspecified atom stereocenters. The van der Waals surface area contributed by atoms with E-state index in [4.69, 9.17) is 15.6 Å². The van der Waals surface area contributed by atoms with Crippen LogP contribution in [-0.2, 0) is 9.53 Å². The number of aliphatic hydroxyl groups excluding tert-OH is 1. The van der Waals surface area contributed by atoms with Crippen molar-refractivity contribution in [2.75, 3.05) is 32.8 Å². The molecule has 1 aliphatic heterocycles. The van der Waals surface area contributed by atoms with Gasteiger partial charge >= 0.3 is 0 Å². The smallest absolute Gasteiger partial charge is 0.230 e. The Morgan fingerprint density at radius 3 is 2.43 bits per heavy atom. The van der Waals surface area contributed by atoms with Crippen molar-refractivity contribution in [2.24, 2.45) is 17.1 Å². The lowest BCUT2D eigenvalue weighted by Crippen LogP contribution is -2.52. The van der Waals surface area contributed by atoms with Crippen LogP contribution in [-0.4, -0.2) is 54.9 Å². The van der Waals surface area contributed by atoms with Gasteiger partial charge in [0.05, 0.1) is 24.7 Å². The van der Waals surface area contributed by atoms with Crippen LogP contribution in [0.5, 0.6) is 0 Å². The Bertz CT molecular complexity index is 332. The molecule has 0 bridgehead atoms. The molecule has 1 aliphatic carbocycles. The van der Waals surface area contributed by atoms with Crippen molar-refractivity contribution < 1.29 is 14.6 Å². The number of piperidine rings is 1. The third-order valence-corrected chi connectivity index (χ3v) is 5.25. The summed E-state index contributed by atoms with van der Waals surface area (Å²) in [6.45, 7) is 4.70. The summed E-state index contributed by atoms with van der Waals surface area (Å²) in [6.07, 6.45) is 6.00. The van der Waals surface area contributed by atoms with Crippen molar-refractivity contribution >= 4 is 5.91 Å². The predicted molar refractivity (Wildman–Crippen MR) is 81.8 cm³/mol. The van der Waals surface area contributed by atoms with Crippen LogP contribution in [0, 0.1) is 11.3 Å². The van der Waals surface area contributed by atoms with Gasteiger partial charge in [-0.25, -0.2) is 0 Å². The molecule has 5 heteroatoms. The number of likely N-dealkylation sites (tertiary alicyclic amines) is 1. The van der Waals surface area contributed by atoms with Gasteiger partial charge in [0.2, 0.25) is 5.91 Å². The van der Waals surface area contributed by atoms with E-state index in [-0.39, 0.29) is 24.0 Å². The Labute approximate surface area is 127 Å². The fourth-order valence-electron chi connectivity index (χ4n) is 3.60.